The van der Waals surface area contributed by atoms with Gasteiger partial charge in [0.15, 0.2) is 0 Å². The molecule has 0 atom stereocenters. The monoisotopic (exact) mass is 187 g/mol. The van der Waals surface area contributed by atoms with Gasteiger partial charge in [0.05, 0.1) is 12.3 Å². The number of para-hydroxylation sites is 1. The SMILES string of the molecule is COCc1ccccc1-n1cccc1. The van der Waals surface area contributed by atoms with Gasteiger partial charge in [-0.2, -0.15) is 0 Å². The van der Waals surface area contributed by atoms with Gasteiger partial charge in [-0.3, -0.25) is 0 Å². The first-order valence-corrected chi connectivity index (χ1v) is 4.62. The van der Waals surface area contributed by atoms with E-state index < -0.39 is 0 Å². The Morgan fingerprint density at radius 3 is 2.50 bits per heavy atom. The Morgan fingerprint density at radius 2 is 1.79 bits per heavy atom. The largest absolute Gasteiger partial charge is 0.380 e. The summed E-state index contributed by atoms with van der Waals surface area (Å²) in [5.74, 6) is 0. The van der Waals surface area contributed by atoms with Gasteiger partial charge in [-0.25, -0.2) is 0 Å². The van der Waals surface area contributed by atoms with E-state index in [-0.39, 0.29) is 0 Å². The van der Waals surface area contributed by atoms with Crippen LogP contribution in [-0.4, -0.2) is 11.7 Å². The predicted molar refractivity (Wildman–Crippen MR) is 56.5 cm³/mol. The second-order valence-electron chi connectivity index (χ2n) is 3.15. The minimum atomic E-state index is 0.647. The second kappa shape index (κ2) is 4.11. The lowest BCUT2D eigenvalue weighted by Gasteiger charge is -2.09. The van der Waals surface area contributed by atoms with Crippen LogP contribution in [0.15, 0.2) is 48.8 Å². The number of aromatic nitrogens is 1. The van der Waals surface area contributed by atoms with E-state index in [4.69, 9.17) is 4.74 Å². The number of ether oxygens (including phenoxy) is 1. The minimum absolute atomic E-state index is 0.647. The zero-order valence-corrected chi connectivity index (χ0v) is 8.18. The Balaban J connectivity index is 2.42. The molecule has 0 radical (unpaired) electrons. The Morgan fingerprint density at radius 1 is 1.07 bits per heavy atom. The summed E-state index contributed by atoms with van der Waals surface area (Å²) in [6, 6.07) is 12.3. The highest BCUT2D eigenvalue weighted by Gasteiger charge is 2.01. The second-order valence-corrected chi connectivity index (χ2v) is 3.15. The number of hydrogen-bond donors (Lipinski definition) is 0. The van der Waals surface area contributed by atoms with Gasteiger partial charge in [0.1, 0.15) is 0 Å². The van der Waals surface area contributed by atoms with Crippen molar-refractivity contribution in [2.24, 2.45) is 0 Å². The molecule has 0 saturated heterocycles. The molecule has 0 N–H and O–H groups in total. The van der Waals surface area contributed by atoms with Gasteiger partial charge in [0.25, 0.3) is 0 Å². The maximum atomic E-state index is 5.15. The molecule has 72 valence electrons. The van der Waals surface area contributed by atoms with Crippen molar-refractivity contribution in [2.45, 2.75) is 6.61 Å². The van der Waals surface area contributed by atoms with Crippen LogP contribution >= 0.6 is 0 Å². The summed E-state index contributed by atoms with van der Waals surface area (Å²) in [4.78, 5) is 0. The zero-order chi connectivity index (χ0) is 9.80. The van der Waals surface area contributed by atoms with Crippen LogP contribution in [0.25, 0.3) is 5.69 Å². The molecule has 0 unspecified atom stereocenters. The third-order valence-electron chi connectivity index (χ3n) is 2.17. The quantitative estimate of drug-likeness (QED) is 0.720. The third-order valence-corrected chi connectivity index (χ3v) is 2.17. The average molecular weight is 187 g/mol. The highest BCUT2D eigenvalue weighted by Crippen LogP contribution is 2.15. The number of benzene rings is 1. The van der Waals surface area contributed by atoms with E-state index in [1.165, 1.54) is 11.3 Å². The van der Waals surface area contributed by atoms with Crippen molar-refractivity contribution >= 4 is 0 Å². The first-order chi connectivity index (χ1) is 6.92. The third kappa shape index (κ3) is 1.70. The Hall–Kier alpha value is -1.54. The molecule has 0 aliphatic rings. The van der Waals surface area contributed by atoms with E-state index in [1.54, 1.807) is 7.11 Å². The van der Waals surface area contributed by atoms with Crippen molar-refractivity contribution in [1.29, 1.82) is 0 Å². The van der Waals surface area contributed by atoms with Crippen LogP contribution in [0, 0.1) is 0 Å². The molecule has 0 spiro atoms. The topological polar surface area (TPSA) is 14.2 Å². The Bertz CT molecular complexity index is 392. The molecular formula is C12H13NO. The van der Waals surface area contributed by atoms with E-state index in [2.05, 4.69) is 16.7 Å². The zero-order valence-electron chi connectivity index (χ0n) is 8.18. The van der Waals surface area contributed by atoms with Gasteiger partial charge in [0, 0.05) is 25.1 Å². The molecule has 0 fully saturated rings. The summed E-state index contributed by atoms with van der Waals surface area (Å²) in [6.07, 6.45) is 4.07. The van der Waals surface area contributed by atoms with Gasteiger partial charge in [-0.1, -0.05) is 18.2 Å². The molecular weight excluding hydrogens is 174 g/mol. The van der Waals surface area contributed by atoms with Gasteiger partial charge in [0.2, 0.25) is 0 Å². The van der Waals surface area contributed by atoms with Crippen LogP contribution < -0.4 is 0 Å². The molecule has 14 heavy (non-hydrogen) atoms. The highest BCUT2D eigenvalue weighted by atomic mass is 16.5. The summed E-state index contributed by atoms with van der Waals surface area (Å²) < 4.78 is 7.24. The molecule has 2 heteroatoms. The fraction of sp³-hybridized carbons (Fsp3) is 0.167. The van der Waals surface area contributed by atoms with Crippen molar-refractivity contribution in [3.8, 4) is 5.69 Å². The first kappa shape index (κ1) is 9.03. The van der Waals surface area contributed by atoms with Crippen molar-refractivity contribution < 1.29 is 4.74 Å². The summed E-state index contributed by atoms with van der Waals surface area (Å²) in [7, 11) is 1.71. The van der Waals surface area contributed by atoms with Crippen LogP contribution in [0.1, 0.15) is 5.56 Å². The van der Waals surface area contributed by atoms with E-state index in [0.29, 0.717) is 6.61 Å². The first-order valence-electron chi connectivity index (χ1n) is 4.62. The fourth-order valence-corrected chi connectivity index (χ4v) is 1.54. The number of rotatable bonds is 3. The lowest BCUT2D eigenvalue weighted by Crippen LogP contribution is -1.97. The number of hydrogen-bond acceptors (Lipinski definition) is 1. The number of nitrogens with zero attached hydrogens (tertiary/aromatic N) is 1. The Kier molecular flexibility index (Phi) is 2.65. The highest BCUT2D eigenvalue weighted by molar-refractivity contribution is 5.40. The van der Waals surface area contributed by atoms with Crippen LogP contribution in [0.2, 0.25) is 0 Å². The molecule has 0 bridgehead atoms. The molecule has 2 nitrogen and oxygen atoms in total. The van der Waals surface area contributed by atoms with E-state index >= 15 is 0 Å². The smallest absolute Gasteiger partial charge is 0.0733 e. The van der Waals surface area contributed by atoms with E-state index in [9.17, 15) is 0 Å². The van der Waals surface area contributed by atoms with Crippen molar-refractivity contribution in [2.75, 3.05) is 7.11 Å². The molecule has 0 aliphatic heterocycles. The van der Waals surface area contributed by atoms with Gasteiger partial charge < -0.3 is 9.30 Å². The lowest BCUT2D eigenvalue weighted by atomic mass is 10.2. The summed E-state index contributed by atoms with van der Waals surface area (Å²) >= 11 is 0. The Labute approximate surface area is 83.8 Å². The standard InChI is InChI=1S/C12H13NO/c1-14-10-11-6-2-3-7-12(11)13-8-4-5-9-13/h2-9H,10H2,1H3. The lowest BCUT2D eigenvalue weighted by molar-refractivity contribution is 0.185. The van der Waals surface area contributed by atoms with Gasteiger partial charge in [-0.05, 0) is 18.2 Å². The van der Waals surface area contributed by atoms with Crippen LogP contribution in [0.4, 0.5) is 0 Å². The maximum Gasteiger partial charge on any atom is 0.0733 e. The molecule has 1 heterocycles. The predicted octanol–water partition coefficient (Wildman–Crippen LogP) is 2.62. The van der Waals surface area contributed by atoms with E-state index in [0.717, 1.165) is 0 Å². The molecule has 2 rings (SSSR count). The van der Waals surface area contributed by atoms with Crippen molar-refractivity contribution in [1.82, 2.24) is 4.57 Å². The molecule has 1 aromatic carbocycles. The normalized spacial score (nSPS) is 10.4. The fourth-order valence-electron chi connectivity index (χ4n) is 1.54. The molecule has 0 saturated carbocycles. The minimum Gasteiger partial charge on any atom is -0.380 e. The number of methoxy groups -OCH3 is 1. The molecule has 0 amide bonds. The molecule has 2 aromatic rings. The van der Waals surface area contributed by atoms with Crippen molar-refractivity contribution in [3.63, 3.8) is 0 Å². The molecule has 0 aliphatic carbocycles. The summed E-state index contributed by atoms with van der Waals surface area (Å²) in [5, 5.41) is 0. The van der Waals surface area contributed by atoms with Gasteiger partial charge >= 0.3 is 0 Å². The van der Waals surface area contributed by atoms with Crippen LogP contribution in [0.5, 0.6) is 0 Å². The van der Waals surface area contributed by atoms with Crippen molar-refractivity contribution in [3.05, 3.63) is 54.4 Å². The molecule has 1 aromatic heterocycles. The average Bonchev–Trinajstić information content (AvgIpc) is 2.72. The van der Waals surface area contributed by atoms with Gasteiger partial charge in [-0.15, -0.1) is 0 Å². The van der Waals surface area contributed by atoms with Crippen LogP contribution in [0.3, 0.4) is 0 Å². The summed E-state index contributed by atoms with van der Waals surface area (Å²) in [5.41, 5.74) is 2.38. The van der Waals surface area contributed by atoms with Crippen LogP contribution in [-0.2, 0) is 11.3 Å². The maximum absolute atomic E-state index is 5.15. The van der Waals surface area contributed by atoms with E-state index in [1.807, 2.05) is 36.7 Å². The summed E-state index contributed by atoms with van der Waals surface area (Å²) in [6.45, 7) is 0.647.